The second kappa shape index (κ2) is 9.51. The molecule has 0 aromatic heterocycles. The predicted molar refractivity (Wildman–Crippen MR) is 141 cm³/mol. The SMILES string of the molecule is COc1ccc([C@@H]2[C@H](C(=O)c3ccc(Cl)cc3)N3c4ccc(F)cc4C=C[C@H]3[C@]2(C#N)C(N)=O)cc1OC. The lowest BCUT2D eigenvalue weighted by Gasteiger charge is -2.36. The summed E-state index contributed by atoms with van der Waals surface area (Å²) in [5, 5.41) is 11.1. The number of halogens is 2. The monoisotopic (exact) mass is 531 g/mol. The Morgan fingerprint density at radius 3 is 2.39 bits per heavy atom. The highest BCUT2D eigenvalue weighted by atomic mass is 35.5. The van der Waals surface area contributed by atoms with Crippen LogP contribution in [0.25, 0.3) is 6.08 Å². The van der Waals surface area contributed by atoms with E-state index < -0.39 is 35.1 Å². The molecule has 0 saturated carbocycles. The number of anilines is 1. The lowest BCUT2D eigenvalue weighted by molar-refractivity contribution is -0.125. The summed E-state index contributed by atoms with van der Waals surface area (Å²) in [4.78, 5) is 29.3. The molecule has 0 unspecified atom stereocenters. The highest BCUT2D eigenvalue weighted by Gasteiger charge is 2.66. The van der Waals surface area contributed by atoms with Crippen molar-refractivity contribution in [3.63, 3.8) is 0 Å². The van der Waals surface area contributed by atoms with E-state index in [1.807, 2.05) is 0 Å². The van der Waals surface area contributed by atoms with Crippen molar-refractivity contribution in [1.29, 1.82) is 5.26 Å². The van der Waals surface area contributed by atoms with Crippen LogP contribution in [0.3, 0.4) is 0 Å². The molecule has 0 aliphatic carbocycles. The van der Waals surface area contributed by atoms with Crippen LogP contribution in [0.5, 0.6) is 11.5 Å². The molecular formula is C29H23ClFN3O4. The van der Waals surface area contributed by atoms with Crippen LogP contribution in [0.4, 0.5) is 10.1 Å². The van der Waals surface area contributed by atoms with E-state index in [2.05, 4.69) is 6.07 Å². The van der Waals surface area contributed by atoms with E-state index in [-0.39, 0.29) is 5.78 Å². The number of hydrogen-bond donors (Lipinski definition) is 1. The van der Waals surface area contributed by atoms with Crippen molar-refractivity contribution in [2.24, 2.45) is 11.1 Å². The molecule has 2 aliphatic rings. The maximum Gasteiger partial charge on any atom is 0.241 e. The molecule has 2 N–H and O–H groups in total. The van der Waals surface area contributed by atoms with Crippen LogP contribution in [0.15, 0.2) is 66.7 Å². The number of carbonyl (C=O) groups is 2. The number of nitrogens with zero attached hydrogens (tertiary/aromatic N) is 2. The first-order valence-corrected chi connectivity index (χ1v) is 12.1. The Kier molecular flexibility index (Phi) is 6.33. The molecule has 1 fully saturated rings. The van der Waals surface area contributed by atoms with Gasteiger partial charge in [0.2, 0.25) is 5.91 Å². The quantitative estimate of drug-likeness (QED) is 0.460. The summed E-state index contributed by atoms with van der Waals surface area (Å²) >= 11 is 6.07. The Morgan fingerprint density at radius 2 is 1.76 bits per heavy atom. The lowest BCUT2D eigenvalue weighted by Crippen LogP contribution is -2.49. The van der Waals surface area contributed by atoms with Gasteiger partial charge in [0.15, 0.2) is 22.7 Å². The molecular weight excluding hydrogens is 509 g/mol. The van der Waals surface area contributed by atoms with Gasteiger partial charge < -0.3 is 20.1 Å². The van der Waals surface area contributed by atoms with Crippen LogP contribution in [-0.2, 0) is 4.79 Å². The summed E-state index contributed by atoms with van der Waals surface area (Å²) in [7, 11) is 2.96. The fourth-order valence-electron chi connectivity index (χ4n) is 5.66. The Labute approximate surface area is 223 Å². The first-order valence-electron chi connectivity index (χ1n) is 11.8. The van der Waals surface area contributed by atoms with Gasteiger partial charge in [-0.05, 0) is 60.2 Å². The molecule has 0 bridgehead atoms. The van der Waals surface area contributed by atoms with Gasteiger partial charge in [0, 0.05) is 27.8 Å². The zero-order valence-corrected chi connectivity index (χ0v) is 21.3. The number of ketones is 1. The maximum atomic E-state index is 14.3. The van der Waals surface area contributed by atoms with Crippen molar-refractivity contribution in [1.82, 2.24) is 0 Å². The highest BCUT2D eigenvalue weighted by molar-refractivity contribution is 6.30. The van der Waals surface area contributed by atoms with Crippen molar-refractivity contribution in [3.8, 4) is 17.6 Å². The van der Waals surface area contributed by atoms with Gasteiger partial charge in [0.25, 0.3) is 0 Å². The van der Waals surface area contributed by atoms with E-state index >= 15 is 0 Å². The number of rotatable bonds is 6. The number of nitriles is 1. The Balaban J connectivity index is 1.81. The zero-order valence-electron chi connectivity index (χ0n) is 20.5. The summed E-state index contributed by atoms with van der Waals surface area (Å²) in [6.07, 6.45) is 3.29. The first kappa shape index (κ1) is 25.3. The van der Waals surface area contributed by atoms with Crippen LogP contribution >= 0.6 is 11.6 Å². The molecule has 0 radical (unpaired) electrons. The van der Waals surface area contributed by atoms with Crippen molar-refractivity contribution in [3.05, 3.63) is 94.3 Å². The molecule has 192 valence electrons. The zero-order chi connectivity index (χ0) is 27.2. The van der Waals surface area contributed by atoms with E-state index in [1.54, 1.807) is 65.6 Å². The third kappa shape index (κ3) is 3.70. The van der Waals surface area contributed by atoms with Crippen molar-refractivity contribution < 1.29 is 23.5 Å². The van der Waals surface area contributed by atoms with Gasteiger partial charge in [-0.2, -0.15) is 5.26 Å². The van der Waals surface area contributed by atoms with Gasteiger partial charge >= 0.3 is 0 Å². The predicted octanol–water partition coefficient (Wildman–Crippen LogP) is 4.74. The summed E-state index contributed by atoms with van der Waals surface area (Å²) in [5.74, 6) is -1.90. The minimum Gasteiger partial charge on any atom is -0.493 e. The fourth-order valence-corrected chi connectivity index (χ4v) is 5.79. The molecule has 5 rings (SSSR count). The third-order valence-electron chi connectivity index (χ3n) is 7.35. The van der Waals surface area contributed by atoms with Crippen LogP contribution in [-0.4, -0.2) is 38.0 Å². The fraction of sp³-hybridized carbons (Fsp3) is 0.207. The van der Waals surface area contributed by atoms with E-state index in [9.17, 15) is 19.2 Å². The van der Waals surface area contributed by atoms with Crippen molar-refractivity contribution >= 4 is 35.1 Å². The number of Topliss-reactive ketones (excluding diaryl/α,β-unsaturated/α-hetero) is 1. The molecule has 7 nitrogen and oxygen atoms in total. The molecule has 9 heteroatoms. The number of primary amides is 1. The molecule has 3 aromatic rings. The van der Waals surface area contributed by atoms with Gasteiger partial charge in [-0.3, -0.25) is 9.59 Å². The van der Waals surface area contributed by atoms with E-state index in [4.69, 9.17) is 26.8 Å². The largest absolute Gasteiger partial charge is 0.493 e. The van der Waals surface area contributed by atoms with Gasteiger partial charge in [-0.15, -0.1) is 0 Å². The van der Waals surface area contributed by atoms with Crippen molar-refractivity contribution in [2.45, 2.75) is 18.0 Å². The van der Waals surface area contributed by atoms with E-state index in [0.717, 1.165) is 0 Å². The maximum absolute atomic E-state index is 14.3. The number of nitrogens with two attached hydrogens (primary N) is 1. The first-order chi connectivity index (χ1) is 18.3. The minimum atomic E-state index is -1.85. The molecule has 1 saturated heterocycles. The second-order valence-electron chi connectivity index (χ2n) is 9.17. The van der Waals surface area contributed by atoms with Crippen LogP contribution in [0.2, 0.25) is 5.02 Å². The van der Waals surface area contributed by atoms with Crippen LogP contribution in [0, 0.1) is 22.6 Å². The average molecular weight is 532 g/mol. The van der Waals surface area contributed by atoms with Crippen LogP contribution in [0.1, 0.15) is 27.4 Å². The highest BCUT2D eigenvalue weighted by Crippen LogP contribution is 2.56. The van der Waals surface area contributed by atoms with Gasteiger partial charge in [0.1, 0.15) is 11.9 Å². The van der Waals surface area contributed by atoms with E-state index in [1.165, 1.54) is 26.4 Å². The Bertz CT molecular complexity index is 1520. The number of methoxy groups -OCH3 is 2. The average Bonchev–Trinajstić information content (AvgIpc) is 3.24. The van der Waals surface area contributed by atoms with Gasteiger partial charge in [-0.1, -0.05) is 29.8 Å². The number of carbonyl (C=O) groups excluding carboxylic acids is 2. The Morgan fingerprint density at radius 1 is 1.05 bits per heavy atom. The third-order valence-corrected chi connectivity index (χ3v) is 7.61. The van der Waals surface area contributed by atoms with E-state index in [0.29, 0.717) is 38.9 Å². The standard InChI is InChI=1S/C29H23ClFN3O4/c1-37-22-11-5-18(14-23(22)38-2)25-26(27(35)16-3-7-19(30)8-4-16)34-21-10-9-20(31)13-17(21)6-12-24(34)29(25,15-32)28(33)36/h3-14,24-26H,1-2H3,(H2,33,36)/t24-,25+,26+,29-/m0/s1. The summed E-state index contributed by atoms with van der Waals surface area (Å²) in [5.41, 5.74) is 5.99. The molecule has 0 spiro atoms. The summed E-state index contributed by atoms with van der Waals surface area (Å²) in [6.45, 7) is 0. The van der Waals surface area contributed by atoms with Crippen molar-refractivity contribution in [2.75, 3.05) is 19.1 Å². The smallest absolute Gasteiger partial charge is 0.241 e. The molecule has 3 aromatic carbocycles. The molecule has 1 amide bonds. The molecule has 38 heavy (non-hydrogen) atoms. The molecule has 4 atom stereocenters. The number of fused-ring (bicyclic) bond motifs is 3. The minimum absolute atomic E-state index is 0.333. The number of hydrogen-bond acceptors (Lipinski definition) is 6. The van der Waals surface area contributed by atoms with Gasteiger partial charge in [0.05, 0.1) is 26.3 Å². The molecule has 2 heterocycles. The normalized spacial score (nSPS) is 23.2. The Hall–Kier alpha value is -4.35. The molecule has 2 aliphatic heterocycles. The van der Waals surface area contributed by atoms with Crippen LogP contribution < -0.4 is 20.1 Å². The summed E-state index contributed by atoms with van der Waals surface area (Å²) < 4.78 is 25.0. The number of amides is 1. The second-order valence-corrected chi connectivity index (χ2v) is 9.60. The summed E-state index contributed by atoms with van der Waals surface area (Å²) in [6, 6.07) is 15.8. The topological polar surface area (TPSA) is 106 Å². The lowest BCUT2D eigenvalue weighted by atomic mass is 9.67. The number of benzene rings is 3. The van der Waals surface area contributed by atoms with Gasteiger partial charge in [-0.25, -0.2) is 4.39 Å². The number of ether oxygens (including phenoxy) is 2.